The zero-order chi connectivity index (χ0) is 17.4. The van der Waals surface area contributed by atoms with Gasteiger partial charge in [0.2, 0.25) is 4.77 Å². The van der Waals surface area contributed by atoms with E-state index < -0.39 is 0 Å². The number of hydrogen-bond acceptors (Lipinski definition) is 5. The van der Waals surface area contributed by atoms with Crippen molar-refractivity contribution in [2.24, 2.45) is 0 Å². The number of benzene rings is 1. The highest BCUT2D eigenvalue weighted by Crippen LogP contribution is 2.34. The van der Waals surface area contributed by atoms with Gasteiger partial charge in [0, 0.05) is 17.5 Å². The van der Waals surface area contributed by atoms with Crippen molar-refractivity contribution in [1.82, 2.24) is 24.7 Å². The average molecular weight is 372 g/mol. The number of thiophene rings is 1. The Morgan fingerprint density at radius 3 is 2.68 bits per heavy atom. The molecule has 130 valence electrons. The van der Waals surface area contributed by atoms with Gasteiger partial charge in [-0.2, -0.15) is 4.68 Å². The van der Waals surface area contributed by atoms with Crippen LogP contribution in [0.1, 0.15) is 34.9 Å². The SMILES string of the molecule is Cc1cccc(C)c1-n1nnn(CN2CCC[C@H]2c2cccs2)c1=S. The molecule has 1 aliphatic heterocycles. The van der Waals surface area contributed by atoms with Crippen LogP contribution in [0.4, 0.5) is 0 Å². The molecule has 4 rings (SSSR count). The van der Waals surface area contributed by atoms with E-state index in [1.165, 1.54) is 17.7 Å². The molecule has 3 heterocycles. The van der Waals surface area contributed by atoms with E-state index in [-0.39, 0.29) is 0 Å². The van der Waals surface area contributed by atoms with Gasteiger partial charge in [-0.15, -0.1) is 11.3 Å². The number of tetrazole rings is 1. The number of rotatable bonds is 4. The van der Waals surface area contributed by atoms with Gasteiger partial charge in [-0.1, -0.05) is 24.3 Å². The maximum Gasteiger partial charge on any atom is 0.221 e. The molecule has 0 amide bonds. The predicted octanol–water partition coefficient (Wildman–Crippen LogP) is 4.27. The van der Waals surface area contributed by atoms with E-state index >= 15 is 0 Å². The zero-order valence-electron chi connectivity index (χ0n) is 14.4. The largest absolute Gasteiger partial charge is 0.276 e. The van der Waals surface area contributed by atoms with Crippen molar-refractivity contribution < 1.29 is 0 Å². The van der Waals surface area contributed by atoms with Crippen molar-refractivity contribution >= 4 is 23.6 Å². The van der Waals surface area contributed by atoms with Gasteiger partial charge in [0.25, 0.3) is 0 Å². The summed E-state index contributed by atoms with van der Waals surface area (Å²) < 4.78 is 4.28. The van der Waals surface area contributed by atoms with Crippen LogP contribution in [0, 0.1) is 18.6 Å². The lowest BCUT2D eigenvalue weighted by Crippen LogP contribution is -2.26. The van der Waals surface area contributed by atoms with Gasteiger partial charge in [-0.05, 0) is 71.9 Å². The molecule has 1 atom stereocenters. The lowest BCUT2D eigenvalue weighted by Gasteiger charge is -2.22. The van der Waals surface area contributed by atoms with Gasteiger partial charge >= 0.3 is 0 Å². The van der Waals surface area contributed by atoms with E-state index in [9.17, 15) is 0 Å². The molecule has 0 bridgehead atoms. The fourth-order valence-corrected chi connectivity index (χ4v) is 4.73. The minimum absolute atomic E-state index is 0.465. The molecule has 5 nitrogen and oxygen atoms in total. The standard InChI is InChI=1S/C18H21N5S2/c1-13-6-3-7-14(2)17(13)23-18(24)22(19-20-23)12-21-10-4-8-15(21)16-9-5-11-25-16/h3,5-7,9,11,15H,4,8,10,12H2,1-2H3/t15-/m0/s1. The van der Waals surface area contributed by atoms with E-state index in [0.717, 1.165) is 23.4 Å². The quantitative estimate of drug-likeness (QED) is 0.642. The Labute approximate surface area is 156 Å². The second-order valence-corrected chi connectivity index (χ2v) is 7.88. The fourth-order valence-electron chi connectivity index (χ4n) is 3.61. The molecule has 3 aromatic rings. The van der Waals surface area contributed by atoms with E-state index in [1.807, 2.05) is 16.0 Å². The lowest BCUT2D eigenvalue weighted by atomic mass is 10.1. The van der Waals surface area contributed by atoms with Crippen molar-refractivity contribution in [2.45, 2.75) is 39.4 Å². The summed E-state index contributed by atoms with van der Waals surface area (Å²) in [5.74, 6) is 0. The molecule has 2 aromatic heterocycles. The van der Waals surface area contributed by atoms with Gasteiger partial charge in [0.15, 0.2) is 0 Å². The molecule has 7 heteroatoms. The molecule has 1 aromatic carbocycles. The summed E-state index contributed by atoms with van der Waals surface area (Å²) in [6.45, 7) is 5.92. The molecule has 0 N–H and O–H groups in total. The van der Waals surface area contributed by atoms with E-state index in [2.05, 4.69) is 64.9 Å². The van der Waals surface area contributed by atoms with Gasteiger partial charge in [-0.3, -0.25) is 4.90 Å². The summed E-state index contributed by atoms with van der Waals surface area (Å²) in [6.07, 6.45) is 2.40. The molecule has 0 aliphatic carbocycles. The van der Waals surface area contributed by atoms with Gasteiger partial charge in [0.05, 0.1) is 12.4 Å². The summed E-state index contributed by atoms with van der Waals surface area (Å²) >= 11 is 7.50. The number of para-hydroxylation sites is 1. The second-order valence-electron chi connectivity index (χ2n) is 6.54. The highest BCUT2D eigenvalue weighted by molar-refractivity contribution is 7.71. The average Bonchev–Trinajstić information content (AvgIpc) is 3.31. The first-order valence-electron chi connectivity index (χ1n) is 8.52. The predicted molar refractivity (Wildman–Crippen MR) is 103 cm³/mol. The summed E-state index contributed by atoms with van der Waals surface area (Å²) in [5.41, 5.74) is 3.34. The first-order chi connectivity index (χ1) is 12.1. The van der Waals surface area contributed by atoms with Crippen LogP contribution in [0.25, 0.3) is 5.69 Å². The second kappa shape index (κ2) is 6.82. The number of hydrogen-bond donors (Lipinski definition) is 0. The van der Waals surface area contributed by atoms with Crippen molar-refractivity contribution in [3.63, 3.8) is 0 Å². The number of nitrogens with zero attached hydrogens (tertiary/aromatic N) is 5. The van der Waals surface area contributed by atoms with Crippen LogP contribution in [-0.4, -0.2) is 31.2 Å². The Balaban J connectivity index is 1.63. The minimum atomic E-state index is 0.465. The van der Waals surface area contributed by atoms with Gasteiger partial charge in [-0.25, -0.2) is 4.68 Å². The zero-order valence-corrected chi connectivity index (χ0v) is 16.1. The smallest absolute Gasteiger partial charge is 0.221 e. The van der Waals surface area contributed by atoms with Crippen LogP contribution >= 0.6 is 23.6 Å². The molecular weight excluding hydrogens is 350 g/mol. The Kier molecular flexibility index (Phi) is 4.54. The molecule has 1 saturated heterocycles. The minimum Gasteiger partial charge on any atom is -0.276 e. The summed E-state index contributed by atoms with van der Waals surface area (Å²) in [7, 11) is 0. The fraction of sp³-hybridized carbons (Fsp3) is 0.389. The van der Waals surface area contributed by atoms with E-state index in [0.29, 0.717) is 17.5 Å². The monoisotopic (exact) mass is 371 g/mol. The van der Waals surface area contributed by atoms with Crippen LogP contribution in [0.15, 0.2) is 35.7 Å². The molecule has 1 fully saturated rings. The molecule has 0 radical (unpaired) electrons. The summed E-state index contributed by atoms with van der Waals surface area (Å²) in [4.78, 5) is 3.87. The van der Waals surface area contributed by atoms with Crippen LogP contribution in [-0.2, 0) is 6.67 Å². The van der Waals surface area contributed by atoms with Crippen molar-refractivity contribution in [2.75, 3.05) is 6.54 Å². The van der Waals surface area contributed by atoms with E-state index in [1.54, 1.807) is 4.68 Å². The molecule has 1 aliphatic rings. The third-order valence-electron chi connectivity index (χ3n) is 4.84. The maximum absolute atomic E-state index is 5.68. The lowest BCUT2D eigenvalue weighted by molar-refractivity contribution is 0.190. The highest BCUT2D eigenvalue weighted by atomic mass is 32.1. The van der Waals surface area contributed by atoms with Crippen LogP contribution in [0.3, 0.4) is 0 Å². The first-order valence-corrected chi connectivity index (χ1v) is 9.81. The number of aromatic nitrogens is 4. The molecule has 0 unspecified atom stereocenters. The Morgan fingerprint density at radius 2 is 1.96 bits per heavy atom. The van der Waals surface area contributed by atoms with Crippen LogP contribution in [0.2, 0.25) is 0 Å². The molecule has 0 spiro atoms. The Bertz CT molecular complexity index is 905. The van der Waals surface area contributed by atoms with Crippen molar-refractivity contribution in [1.29, 1.82) is 0 Å². The Morgan fingerprint density at radius 1 is 1.16 bits per heavy atom. The normalized spacial score (nSPS) is 18.1. The van der Waals surface area contributed by atoms with Crippen molar-refractivity contribution in [3.8, 4) is 5.69 Å². The third-order valence-corrected chi connectivity index (χ3v) is 6.20. The van der Waals surface area contributed by atoms with Gasteiger partial charge < -0.3 is 0 Å². The highest BCUT2D eigenvalue weighted by Gasteiger charge is 2.27. The summed E-state index contributed by atoms with van der Waals surface area (Å²) in [6, 6.07) is 11.0. The van der Waals surface area contributed by atoms with Crippen LogP contribution < -0.4 is 0 Å². The summed E-state index contributed by atoms with van der Waals surface area (Å²) in [5, 5.41) is 10.8. The molecular formula is C18H21N5S2. The van der Waals surface area contributed by atoms with Crippen LogP contribution in [0.5, 0.6) is 0 Å². The van der Waals surface area contributed by atoms with Crippen molar-refractivity contribution in [3.05, 3.63) is 56.5 Å². The number of aryl methyl sites for hydroxylation is 2. The first kappa shape index (κ1) is 16.6. The number of likely N-dealkylation sites (tertiary alicyclic amines) is 1. The topological polar surface area (TPSA) is 38.9 Å². The maximum atomic E-state index is 5.68. The third kappa shape index (κ3) is 3.07. The van der Waals surface area contributed by atoms with E-state index in [4.69, 9.17) is 12.2 Å². The van der Waals surface area contributed by atoms with Gasteiger partial charge in [0.1, 0.15) is 0 Å². The Hall–Kier alpha value is -1.83. The molecule has 0 saturated carbocycles. The molecule has 25 heavy (non-hydrogen) atoms.